The molecular formula is C35H40ClFN4O3S. The number of carbonyl (C=O) groups is 1. The monoisotopic (exact) mass is 650 g/mol. The summed E-state index contributed by atoms with van der Waals surface area (Å²) >= 11 is 6.34. The molecule has 10 heteroatoms. The Morgan fingerprint density at radius 1 is 1.00 bits per heavy atom. The van der Waals surface area contributed by atoms with Gasteiger partial charge in [0.05, 0.1) is 16.6 Å². The van der Waals surface area contributed by atoms with Gasteiger partial charge in [-0.1, -0.05) is 36.7 Å². The van der Waals surface area contributed by atoms with Gasteiger partial charge in [-0.2, -0.15) is 0 Å². The highest BCUT2D eigenvalue weighted by Gasteiger charge is 2.61. The smallest absolute Gasteiger partial charge is 0.264 e. The van der Waals surface area contributed by atoms with E-state index in [-0.39, 0.29) is 22.8 Å². The summed E-state index contributed by atoms with van der Waals surface area (Å²) in [5, 5.41) is 3.61. The first-order valence-electron chi connectivity index (χ1n) is 16.1. The number of nitrogens with one attached hydrogen (secondary N) is 1. The van der Waals surface area contributed by atoms with E-state index in [0.717, 1.165) is 76.0 Å². The van der Waals surface area contributed by atoms with Gasteiger partial charge in [0, 0.05) is 41.7 Å². The highest BCUT2D eigenvalue weighted by atomic mass is 35.5. The Kier molecular flexibility index (Phi) is 8.17. The van der Waals surface area contributed by atoms with Crippen molar-refractivity contribution in [1.82, 2.24) is 15.1 Å². The fraction of sp³-hybridized carbons (Fsp3) is 0.457. The fourth-order valence-corrected chi connectivity index (χ4v) is 10.1. The number of hydrogen-bond donors (Lipinski definition) is 1. The van der Waals surface area contributed by atoms with Crippen LogP contribution in [0.1, 0.15) is 60.5 Å². The van der Waals surface area contributed by atoms with E-state index in [9.17, 15) is 17.6 Å². The van der Waals surface area contributed by atoms with Gasteiger partial charge in [0.15, 0.2) is 0 Å². The van der Waals surface area contributed by atoms with Crippen LogP contribution in [0.25, 0.3) is 0 Å². The standard InChI is InChI=1S/C35H40ClFN4O3S/c1-2-39-17-15-28-22-35(16-18-40(28)20-19-39)30-21-25(34(42)38-23-26-5-3-4-6-31(26)36)9-14-32(30)41(33(35)24-7-8-24)45(43,44)29-12-10-27(37)11-13-29/h3-6,9-14,21,24,28,33H,2,7-8,15-20,22-23H2,1H3,(H,38,42). The third-order valence-corrected chi connectivity index (χ3v) is 12.8. The molecule has 45 heavy (non-hydrogen) atoms. The Labute approximate surface area is 270 Å². The molecule has 3 aliphatic heterocycles. The van der Waals surface area contributed by atoms with Crippen molar-refractivity contribution in [1.29, 1.82) is 0 Å². The largest absolute Gasteiger partial charge is 0.348 e. The Morgan fingerprint density at radius 3 is 2.51 bits per heavy atom. The zero-order valence-corrected chi connectivity index (χ0v) is 27.2. The summed E-state index contributed by atoms with van der Waals surface area (Å²) in [5.74, 6) is -0.462. The fourth-order valence-electron chi connectivity index (χ4n) is 8.07. The minimum Gasteiger partial charge on any atom is -0.348 e. The van der Waals surface area contributed by atoms with Crippen molar-refractivity contribution in [2.45, 2.75) is 68.0 Å². The number of halogens is 2. The molecular weight excluding hydrogens is 611 g/mol. The van der Waals surface area contributed by atoms with E-state index in [1.165, 1.54) is 24.3 Å². The van der Waals surface area contributed by atoms with Crippen molar-refractivity contribution in [3.63, 3.8) is 0 Å². The molecule has 3 fully saturated rings. The minimum atomic E-state index is -4.00. The zero-order valence-electron chi connectivity index (χ0n) is 25.6. The predicted molar refractivity (Wildman–Crippen MR) is 175 cm³/mol. The van der Waals surface area contributed by atoms with E-state index >= 15 is 0 Å². The summed E-state index contributed by atoms with van der Waals surface area (Å²) in [6, 6.07) is 18.2. The van der Waals surface area contributed by atoms with Crippen LogP contribution in [0.3, 0.4) is 0 Å². The molecule has 3 unspecified atom stereocenters. The summed E-state index contributed by atoms with van der Waals surface area (Å²) in [5.41, 5.74) is 2.52. The predicted octanol–water partition coefficient (Wildman–Crippen LogP) is 5.82. The van der Waals surface area contributed by atoms with Gasteiger partial charge in [-0.05, 0) is 117 Å². The van der Waals surface area contributed by atoms with Gasteiger partial charge >= 0.3 is 0 Å². The normalized spacial score (nSPS) is 25.5. The Bertz CT molecular complexity index is 1700. The number of rotatable bonds is 7. The molecule has 7 nitrogen and oxygen atoms in total. The number of fused-ring (bicyclic) bond motifs is 3. The van der Waals surface area contributed by atoms with Gasteiger partial charge in [0.1, 0.15) is 5.82 Å². The van der Waals surface area contributed by atoms with Gasteiger partial charge < -0.3 is 10.2 Å². The number of likely N-dealkylation sites (N-methyl/N-ethyl adjacent to an activating group) is 1. The molecule has 1 amide bonds. The van der Waals surface area contributed by atoms with Crippen LogP contribution in [0.4, 0.5) is 10.1 Å². The quantitative estimate of drug-likeness (QED) is 0.349. The molecule has 1 N–H and O–H groups in total. The van der Waals surface area contributed by atoms with Crippen LogP contribution in [0.2, 0.25) is 5.02 Å². The molecule has 1 spiro atoms. The first-order chi connectivity index (χ1) is 21.7. The lowest BCUT2D eigenvalue weighted by molar-refractivity contribution is 0.0852. The maximum absolute atomic E-state index is 14.5. The number of hydrogen-bond acceptors (Lipinski definition) is 5. The third-order valence-electron chi connectivity index (χ3n) is 10.6. The summed E-state index contributed by atoms with van der Waals surface area (Å²) in [7, 11) is -4.00. The molecule has 0 bridgehead atoms. The van der Waals surface area contributed by atoms with Crippen molar-refractivity contribution < 1.29 is 17.6 Å². The number of nitrogens with zero attached hydrogens (tertiary/aromatic N) is 3. The van der Waals surface area contributed by atoms with Crippen LogP contribution in [0.5, 0.6) is 0 Å². The maximum atomic E-state index is 14.5. The summed E-state index contributed by atoms with van der Waals surface area (Å²) in [4.78, 5) is 18.8. The number of amides is 1. The SMILES string of the molecule is CCN1CCC2CC3(CCN2CC1)c1cc(C(=O)NCc2ccccc2Cl)ccc1N(S(=O)(=O)c1ccc(F)cc1)C3C1CC1. The van der Waals surface area contributed by atoms with E-state index < -0.39 is 21.3 Å². The minimum absolute atomic E-state index is 0.0876. The lowest BCUT2D eigenvalue weighted by atomic mass is 9.65. The third kappa shape index (κ3) is 5.56. The van der Waals surface area contributed by atoms with Gasteiger partial charge in [-0.3, -0.25) is 14.0 Å². The molecule has 3 aromatic carbocycles. The molecule has 0 aromatic heterocycles. The van der Waals surface area contributed by atoms with Gasteiger partial charge in [-0.25, -0.2) is 12.8 Å². The van der Waals surface area contributed by atoms with E-state index in [2.05, 4.69) is 22.0 Å². The first-order valence-corrected chi connectivity index (χ1v) is 18.0. The highest BCUT2D eigenvalue weighted by Crippen LogP contribution is 2.60. The molecule has 238 valence electrons. The molecule has 3 aromatic rings. The van der Waals surface area contributed by atoms with Gasteiger partial charge in [0.25, 0.3) is 15.9 Å². The van der Waals surface area contributed by atoms with E-state index in [1.54, 1.807) is 16.4 Å². The summed E-state index contributed by atoms with van der Waals surface area (Å²) in [6.45, 7) is 7.49. The van der Waals surface area contributed by atoms with Crippen molar-refractivity contribution in [3.05, 3.63) is 94.3 Å². The number of piperidine rings is 1. The van der Waals surface area contributed by atoms with Crippen LogP contribution >= 0.6 is 11.6 Å². The highest BCUT2D eigenvalue weighted by molar-refractivity contribution is 7.92. The van der Waals surface area contributed by atoms with Gasteiger partial charge in [0.2, 0.25) is 0 Å². The molecule has 4 aliphatic rings. The van der Waals surface area contributed by atoms with Crippen LogP contribution in [0, 0.1) is 11.7 Å². The van der Waals surface area contributed by atoms with Crippen LogP contribution in [-0.2, 0) is 22.0 Å². The molecule has 7 rings (SSSR count). The first kappa shape index (κ1) is 30.7. The van der Waals surface area contributed by atoms with Crippen LogP contribution in [0.15, 0.2) is 71.6 Å². The maximum Gasteiger partial charge on any atom is 0.264 e. The van der Waals surface area contributed by atoms with E-state index in [4.69, 9.17) is 11.6 Å². The van der Waals surface area contributed by atoms with E-state index in [1.807, 2.05) is 30.3 Å². The van der Waals surface area contributed by atoms with Crippen molar-refractivity contribution >= 4 is 33.2 Å². The molecule has 1 aliphatic carbocycles. The van der Waals surface area contributed by atoms with E-state index in [0.29, 0.717) is 28.9 Å². The van der Waals surface area contributed by atoms with Crippen LogP contribution in [-0.4, -0.2) is 68.9 Å². The second-order valence-corrected chi connectivity index (χ2v) is 15.3. The van der Waals surface area contributed by atoms with Crippen molar-refractivity contribution in [2.75, 3.05) is 37.0 Å². The van der Waals surface area contributed by atoms with Crippen molar-refractivity contribution in [2.24, 2.45) is 5.92 Å². The second-order valence-electron chi connectivity index (χ2n) is 13.1. The topological polar surface area (TPSA) is 73.0 Å². The molecule has 2 saturated heterocycles. The number of carbonyl (C=O) groups excluding carboxylic acids is 1. The Morgan fingerprint density at radius 2 is 1.78 bits per heavy atom. The molecule has 0 radical (unpaired) electrons. The van der Waals surface area contributed by atoms with Crippen LogP contribution < -0.4 is 9.62 Å². The number of sulfonamides is 1. The number of benzene rings is 3. The Balaban J connectivity index is 1.30. The number of anilines is 1. The summed E-state index contributed by atoms with van der Waals surface area (Å²) in [6.07, 6.45) is 4.64. The second kappa shape index (κ2) is 12.0. The van der Waals surface area contributed by atoms with Crippen molar-refractivity contribution in [3.8, 4) is 0 Å². The zero-order chi connectivity index (χ0) is 31.3. The van der Waals surface area contributed by atoms with Gasteiger partial charge in [-0.15, -0.1) is 0 Å². The molecule has 3 heterocycles. The average Bonchev–Trinajstić information content (AvgIpc) is 3.87. The Hall–Kier alpha value is -2.98. The molecule has 3 atom stereocenters. The average molecular weight is 651 g/mol. The molecule has 1 saturated carbocycles. The summed E-state index contributed by atoms with van der Waals surface area (Å²) < 4.78 is 44.5. The lowest BCUT2D eigenvalue weighted by Crippen LogP contribution is -2.56. The lowest BCUT2D eigenvalue weighted by Gasteiger charge is -2.48.